The Morgan fingerprint density at radius 3 is 2.50 bits per heavy atom. The van der Waals surface area contributed by atoms with Gasteiger partial charge in [0.25, 0.3) is 5.91 Å². The molecule has 1 aromatic carbocycles. The molecule has 0 fully saturated rings. The molecule has 0 aromatic heterocycles. The van der Waals surface area contributed by atoms with Crippen molar-refractivity contribution in [2.24, 2.45) is 5.73 Å². The number of hydrogen-bond donors (Lipinski definition) is 1. The molecule has 0 spiro atoms. The molecule has 0 unspecified atom stereocenters. The van der Waals surface area contributed by atoms with Crippen LogP contribution in [0.3, 0.4) is 0 Å². The molecule has 0 aliphatic carbocycles. The molecule has 0 atom stereocenters. The summed E-state index contributed by atoms with van der Waals surface area (Å²) in [5.41, 5.74) is 5.28. The van der Waals surface area contributed by atoms with Crippen LogP contribution in [0.2, 0.25) is 0 Å². The number of primary amides is 1. The summed E-state index contributed by atoms with van der Waals surface area (Å²) in [6.07, 6.45) is -4.30. The summed E-state index contributed by atoms with van der Waals surface area (Å²) >= 11 is 0. The van der Waals surface area contributed by atoms with E-state index < -0.39 is 18.0 Å². The second kappa shape index (κ2) is 4.42. The number of rotatable bonds is 3. The molecule has 88 valence electrons. The number of amides is 1. The molecule has 3 nitrogen and oxygen atoms in total. The number of nitrogens with two attached hydrogens (primary N) is 1. The smallest absolute Gasteiger partial charge is 0.405 e. The van der Waals surface area contributed by atoms with Crippen molar-refractivity contribution in [2.75, 3.05) is 0 Å². The van der Waals surface area contributed by atoms with Crippen LogP contribution in [-0.4, -0.2) is 12.3 Å². The zero-order valence-electron chi connectivity index (χ0n) is 8.47. The molecule has 0 aliphatic heterocycles. The molecule has 0 bridgehead atoms. The summed E-state index contributed by atoms with van der Waals surface area (Å²) < 4.78 is 39.9. The van der Waals surface area contributed by atoms with Gasteiger partial charge in [-0.25, -0.2) is 0 Å². The van der Waals surface area contributed by atoms with Gasteiger partial charge in [0.05, 0.1) is 5.56 Å². The van der Waals surface area contributed by atoms with Crippen molar-refractivity contribution in [1.82, 2.24) is 0 Å². The minimum atomic E-state index is -4.84. The Morgan fingerprint density at radius 1 is 1.44 bits per heavy atom. The second-order valence-electron chi connectivity index (χ2n) is 3.10. The number of benzene rings is 1. The molecule has 6 heteroatoms. The van der Waals surface area contributed by atoms with Gasteiger partial charge in [-0.15, -0.1) is 13.2 Å². The highest BCUT2D eigenvalue weighted by molar-refractivity contribution is 5.95. The number of hydrogen-bond acceptors (Lipinski definition) is 2. The molecule has 1 amide bonds. The van der Waals surface area contributed by atoms with Gasteiger partial charge in [0, 0.05) is 0 Å². The van der Waals surface area contributed by atoms with Crippen LogP contribution in [0.4, 0.5) is 13.2 Å². The number of alkyl halides is 3. The van der Waals surface area contributed by atoms with Crippen molar-refractivity contribution in [2.45, 2.75) is 19.7 Å². The molecule has 2 N–H and O–H groups in total. The molecule has 16 heavy (non-hydrogen) atoms. The molecular weight excluding hydrogens is 223 g/mol. The molecule has 0 radical (unpaired) electrons. The van der Waals surface area contributed by atoms with E-state index in [0.29, 0.717) is 12.0 Å². The molecule has 0 heterocycles. The monoisotopic (exact) mass is 233 g/mol. The van der Waals surface area contributed by atoms with Crippen LogP contribution in [0.15, 0.2) is 18.2 Å². The first-order valence-corrected chi connectivity index (χ1v) is 4.52. The van der Waals surface area contributed by atoms with Crippen LogP contribution in [0.5, 0.6) is 5.75 Å². The Kier molecular flexibility index (Phi) is 3.41. The third kappa shape index (κ3) is 3.15. The number of ether oxygens (including phenoxy) is 1. The summed E-state index contributed by atoms with van der Waals surface area (Å²) in [5.74, 6) is -1.51. The SMILES string of the molecule is CCc1ccc(C(N)=O)c(OC(F)(F)F)c1. The van der Waals surface area contributed by atoms with Crippen molar-refractivity contribution in [1.29, 1.82) is 0 Å². The summed E-state index contributed by atoms with van der Waals surface area (Å²) in [7, 11) is 0. The van der Waals surface area contributed by atoms with Gasteiger partial charge in [-0.3, -0.25) is 4.79 Å². The van der Waals surface area contributed by atoms with E-state index in [2.05, 4.69) is 4.74 Å². The van der Waals surface area contributed by atoms with E-state index >= 15 is 0 Å². The fourth-order valence-corrected chi connectivity index (χ4v) is 1.20. The van der Waals surface area contributed by atoms with E-state index in [1.54, 1.807) is 6.92 Å². The highest BCUT2D eigenvalue weighted by Gasteiger charge is 2.32. The van der Waals surface area contributed by atoms with Crippen molar-refractivity contribution in [3.8, 4) is 5.75 Å². The van der Waals surface area contributed by atoms with Gasteiger partial charge in [-0.2, -0.15) is 0 Å². The Bertz CT molecular complexity index is 402. The first-order valence-electron chi connectivity index (χ1n) is 4.52. The zero-order chi connectivity index (χ0) is 12.3. The summed E-state index contributed by atoms with van der Waals surface area (Å²) in [6.45, 7) is 1.77. The second-order valence-corrected chi connectivity index (χ2v) is 3.10. The van der Waals surface area contributed by atoms with Crippen LogP contribution < -0.4 is 10.5 Å². The lowest BCUT2D eigenvalue weighted by molar-refractivity contribution is -0.274. The Hall–Kier alpha value is -1.72. The van der Waals surface area contributed by atoms with Gasteiger partial charge in [-0.05, 0) is 24.1 Å². The normalized spacial score (nSPS) is 11.2. The Morgan fingerprint density at radius 2 is 2.06 bits per heavy atom. The molecular formula is C10H10F3NO2. The highest BCUT2D eigenvalue weighted by Crippen LogP contribution is 2.27. The topological polar surface area (TPSA) is 52.3 Å². The Balaban J connectivity index is 3.15. The van der Waals surface area contributed by atoms with Crippen LogP contribution in [0.25, 0.3) is 0 Å². The maximum atomic E-state index is 12.0. The molecule has 0 saturated heterocycles. The van der Waals surface area contributed by atoms with E-state index in [9.17, 15) is 18.0 Å². The maximum Gasteiger partial charge on any atom is 0.573 e. The largest absolute Gasteiger partial charge is 0.573 e. The molecule has 0 saturated carbocycles. The maximum absolute atomic E-state index is 12.0. The summed E-state index contributed by atoms with van der Waals surface area (Å²) in [4.78, 5) is 10.9. The van der Waals surface area contributed by atoms with Crippen LogP contribution in [0.1, 0.15) is 22.8 Å². The lowest BCUT2D eigenvalue weighted by atomic mass is 10.1. The number of carbonyl (C=O) groups excluding carboxylic acids is 1. The first-order chi connectivity index (χ1) is 7.33. The molecule has 1 aromatic rings. The predicted octanol–water partition coefficient (Wildman–Crippen LogP) is 2.25. The minimum absolute atomic E-state index is 0.283. The van der Waals surface area contributed by atoms with E-state index in [0.717, 1.165) is 6.07 Å². The number of halogens is 3. The average Bonchev–Trinajstić information content (AvgIpc) is 2.14. The first kappa shape index (κ1) is 12.4. The minimum Gasteiger partial charge on any atom is -0.405 e. The third-order valence-electron chi connectivity index (χ3n) is 1.95. The van der Waals surface area contributed by atoms with Gasteiger partial charge in [0.15, 0.2) is 0 Å². The highest BCUT2D eigenvalue weighted by atomic mass is 19.4. The zero-order valence-corrected chi connectivity index (χ0v) is 8.47. The van der Waals surface area contributed by atoms with E-state index in [-0.39, 0.29) is 5.56 Å². The number of carbonyl (C=O) groups is 1. The standard InChI is InChI=1S/C10H10F3NO2/c1-2-6-3-4-7(9(14)15)8(5-6)16-10(11,12)13/h3-5H,2H2,1H3,(H2,14,15). The van der Waals surface area contributed by atoms with E-state index in [4.69, 9.17) is 5.73 Å². The molecule has 0 aliphatic rings. The van der Waals surface area contributed by atoms with Gasteiger partial charge in [0.1, 0.15) is 5.75 Å². The van der Waals surface area contributed by atoms with Crippen LogP contribution in [-0.2, 0) is 6.42 Å². The summed E-state index contributed by atoms with van der Waals surface area (Å²) in [5, 5.41) is 0. The third-order valence-corrected chi connectivity index (χ3v) is 1.95. The Labute approximate surface area is 90.0 Å². The van der Waals surface area contributed by atoms with Crippen molar-refractivity contribution >= 4 is 5.91 Å². The fraction of sp³-hybridized carbons (Fsp3) is 0.300. The van der Waals surface area contributed by atoms with E-state index in [1.165, 1.54) is 12.1 Å². The predicted molar refractivity (Wildman–Crippen MR) is 51.0 cm³/mol. The van der Waals surface area contributed by atoms with Gasteiger partial charge in [0.2, 0.25) is 0 Å². The van der Waals surface area contributed by atoms with Gasteiger partial charge >= 0.3 is 6.36 Å². The van der Waals surface area contributed by atoms with Gasteiger partial charge in [-0.1, -0.05) is 13.0 Å². The lowest BCUT2D eigenvalue weighted by Crippen LogP contribution is -2.21. The quantitative estimate of drug-likeness (QED) is 0.870. The summed E-state index contributed by atoms with van der Waals surface area (Å²) in [6, 6.07) is 3.92. The van der Waals surface area contributed by atoms with Gasteiger partial charge < -0.3 is 10.5 Å². The number of aryl methyl sites for hydroxylation is 1. The van der Waals surface area contributed by atoms with Crippen LogP contribution in [0, 0.1) is 0 Å². The van der Waals surface area contributed by atoms with Crippen molar-refractivity contribution in [3.05, 3.63) is 29.3 Å². The lowest BCUT2D eigenvalue weighted by Gasteiger charge is -2.12. The average molecular weight is 233 g/mol. The van der Waals surface area contributed by atoms with E-state index in [1.807, 2.05) is 0 Å². The van der Waals surface area contributed by atoms with Crippen LogP contribution >= 0.6 is 0 Å². The van der Waals surface area contributed by atoms with Crippen molar-refractivity contribution < 1.29 is 22.7 Å². The fourth-order valence-electron chi connectivity index (χ4n) is 1.20. The molecule has 1 rings (SSSR count). The van der Waals surface area contributed by atoms with Crippen molar-refractivity contribution in [3.63, 3.8) is 0 Å².